The average molecular weight is 514 g/mol. The lowest BCUT2D eigenvalue weighted by Crippen LogP contribution is -2.46. The van der Waals surface area contributed by atoms with Crippen LogP contribution in [0.2, 0.25) is 5.02 Å². The van der Waals surface area contributed by atoms with Crippen molar-refractivity contribution in [3.8, 4) is 11.5 Å². The van der Waals surface area contributed by atoms with Gasteiger partial charge >= 0.3 is 0 Å². The third kappa shape index (κ3) is 4.10. The zero-order valence-electron chi connectivity index (χ0n) is 22.1. The number of hydrogen-bond acceptors (Lipinski definition) is 5. The summed E-state index contributed by atoms with van der Waals surface area (Å²) in [6, 6.07) is 2.51. The van der Waals surface area contributed by atoms with Crippen molar-refractivity contribution in [1.82, 2.24) is 14.8 Å². The van der Waals surface area contributed by atoms with Gasteiger partial charge in [-0.05, 0) is 89.7 Å². The molecule has 3 heterocycles. The Balaban J connectivity index is 1.43. The average Bonchev–Trinajstić information content (AvgIpc) is 3.20. The van der Waals surface area contributed by atoms with Crippen molar-refractivity contribution in [3.63, 3.8) is 0 Å². The first-order chi connectivity index (χ1) is 17.0. The van der Waals surface area contributed by atoms with E-state index in [1.165, 1.54) is 0 Å². The lowest BCUT2D eigenvalue weighted by Gasteiger charge is -2.39. The first-order valence-corrected chi connectivity index (χ1v) is 13.3. The first kappa shape index (κ1) is 25.2. The van der Waals surface area contributed by atoms with E-state index in [1.54, 1.807) is 4.90 Å². The minimum Gasteiger partial charge on any atom is -0.448 e. The fourth-order valence-electron chi connectivity index (χ4n) is 6.23. The van der Waals surface area contributed by atoms with Gasteiger partial charge in [0.2, 0.25) is 0 Å². The van der Waals surface area contributed by atoms with Crippen molar-refractivity contribution in [2.24, 2.45) is 5.92 Å². The van der Waals surface area contributed by atoms with Crippen LogP contribution in [0, 0.1) is 26.7 Å². The molecule has 0 bridgehead atoms. The van der Waals surface area contributed by atoms with Crippen LogP contribution in [0.15, 0.2) is 10.9 Å². The Morgan fingerprint density at radius 1 is 1.11 bits per heavy atom. The van der Waals surface area contributed by atoms with Crippen LogP contribution in [0.3, 0.4) is 0 Å². The van der Waals surface area contributed by atoms with Gasteiger partial charge < -0.3 is 24.3 Å². The number of benzene rings is 1. The highest BCUT2D eigenvalue weighted by Gasteiger charge is 2.48. The van der Waals surface area contributed by atoms with Crippen molar-refractivity contribution < 1.29 is 14.3 Å². The summed E-state index contributed by atoms with van der Waals surface area (Å²) in [5.41, 5.74) is 4.45. The topological polar surface area (TPSA) is 74.9 Å². The van der Waals surface area contributed by atoms with Crippen molar-refractivity contribution in [3.05, 3.63) is 55.0 Å². The highest BCUT2D eigenvalue weighted by Crippen LogP contribution is 2.53. The molecule has 7 nitrogen and oxygen atoms in total. The van der Waals surface area contributed by atoms with Crippen molar-refractivity contribution in [2.75, 3.05) is 20.6 Å². The van der Waals surface area contributed by atoms with E-state index in [2.05, 4.69) is 24.0 Å². The number of fused-ring (bicyclic) bond motifs is 2. The number of aromatic amines is 1. The van der Waals surface area contributed by atoms with Crippen LogP contribution in [0.4, 0.5) is 0 Å². The Hall–Kier alpha value is -2.51. The van der Waals surface area contributed by atoms with Crippen LogP contribution in [0.1, 0.15) is 70.9 Å². The van der Waals surface area contributed by atoms with Crippen LogP contribution < -0.4 is 15.0 Å². The molecule has 0 spiro atoms. The minimum atomic E-state index is -0.799. The standard InChI is InChI=1S/C28H36ClN3O4/c1-15-13-16(2)30-26(33)21(15)14-32-12-11-20-17(3)24-25(23(29)22(20)27(32)34)36-28(4,35-24)18-7-9-19(10-8-18)31(5)6/h13,18-19H,7-12,14H2,1-6H3,(H,30,33)/t18?,19?,28-/m1/s1. The minimum absolute atomic E-state index is 0.154. The lowest BCUT2D eigenvalue weighted by atomic mass is 9.81. The lowest BCUT2D eigenvalue weighted by molar-refractivity contribution is -0.123. The second kappa shape index (κ2) is 9.10. The summed E-state index contributed by atoms with van der Waals surface area (Å²) in [5.74, 6) is 0.424. The molecule has 1 atom stereocenters. The van der Waals surface area contributed by atoms with Gasteiger partial charge in [-0.2, -0.15) is 0 Å². The zero-order valence-corrected chi connectivity index (χ0v) is 22.8. The molecule has 194 valence electrons. The van der Waals surface area contributed by atoms with Crippen molar-refractivity contribution in [1.29, 1.82) is 0 Å². The fraction of sp³-hybridized carbons (Fsp3) is 0.571. The molecule has 2 aromatic rings. The maximum Gasteiger partial charge on any atom is 0.256 e. The normalized spacial score (nSPS) is 25.4. The molecule has 3 aliphatic rings. The number of rotatable bonds is 4. The second-order valence-electron chi connectivity index (χ2n) is 11.1. The number of carbonyl (C=O) groups excluding carboxylic acids is 1. The van der Waals surface area contributed by atoms with E-state index < -0.39 is 5.79 Å². The molecule has 1 aromatic heterocycles. The van der Waals surface area contributed by atoms with Crippen molar-refractivity contribution >= 4 is 17.5 Å². The number of nitrogens with one attached hydrogen (secondary N) is 1. The van der Waals surface area contributed by atoms with Gasteiger partial charge in [-0.25, -0.2) is 0 Å². The largest absolute Gasteiger partial charge is 0.448 e. The maximum atomic E-state index is 13.7. The number of aryl methyl sites for hydroxylation is 2. The molecular weight excluding hydrogens is 478 g/mol. The summed E-state index contributed by atoms with van der Waals surface area (Å²) >= 11 is 6.89. The van der Waals surface area contributed by atoms with Crippen LogP contribution in [-0.4, -0.2) is 53.2 Å². The summed E-state index contributed by atoms with van der Waals surface area (Å²) in [6.45, 7) is 8.51. The zero-order chi connectivity index (χ0) is 25.9. The molecule has 5 rings (SSSR count). The van der Waals surface area contributed by atoms with E-state index >= 15 is 0 Å². The van der Waals surface area contributed by atoms with Crippen LogP contribution in [-0.2, 0) is 13.0 Å². The van der Waals surface area contributed by atoms with Gasteiger partial charge in [-0.15, -0.1) is 0 Å². The van der Waals surface area contributed by atoms with Gasteiger partial charge in [0.25, 0.3) is 17.3 Å². The monoisotopic (exact) mass is 513 g/mol. The third-order valence-corrected chi connectivity index (χ3v) is 8.83. The van der Waals surface area contributed by atoms with E-state index in [0.29, 0.717) is 46.7 Å². The smallest absolute Gasteiger partial charge is 0.256 e. The predicted molar refractivity (Wildman–Crippen MR) is 140 cm³/mol. The molecule has 1 aliphatic carbocycles. The van der Waals surface area contributed by atoms with Gasteiger partial charge in [-0.3, -0.25) is 9.59 Å². The second-order valence-corrected chi connectivity index (χ2v) is 11.4. The Morgan fingerprint density at radius 3 is 2.42 bits per heavy atom. The first-order valence-electron chi connectivity index (χ1n) is 12.9. The molecule has 1 fully saturated rings. The number of H-pyrrole nitrogens is 1. The van der Waals surface area contributed by atoms with Crippen LogP contribution in [0.5, 0.6) is 11.5 Å². The quantitative estimate of drug-likeness (QED) is 0.638. The summed E-state index contributed by atoms with van der Waals surface area (Å²) in [6.07, 6.45) is 4.88. The fourth-order valence-corrected chi connectivity index (χ4v) is 6.54. The highest BCUT2D eigenvalue weighted by atomic mass is 35.5. The maximum absolute atomic E-state index is 13.7. The molecule has 1 aromatic carbocycles. The van der Waals surface area contributed by atoms with E-state index in [1.807, 2.05) is 33.8 Å². The summed E-state index contributed by atoms with van der Waals surface area (Å²) < 4.78 is 13.0. The molecule has 2 aliphatic heterocycles. The SMILES string of the molecule is Cc1cc(C)c(CN2CCc3c(C)c4c(c(Cl)c3C2=O)O[C@](C)(C2CCC(N(C)C)CC2)O4)c(=O)[nH]1. The Labute approximate surface area is 217 Å². The highest BCUT2D eigenvalue weighted by molar-refractivity contribution is 6.36. The van der Waals surface area contributed by atoms with E-state index in [0.717, 1.165) is 48.1 Å². The van der Waals surface area contributed by atoms with Crippen molar-refractivity contribution in [2.45, 2.75) is 78.2 Å². The molecule has 0 radical (unpaired) electrons. The number of carbonyl (C=O) groups is 1. The van der Waals surface area contributed by atoms with Crippen LogP contribution in [0.25, 0.3) is 0 Å². The Bertz CT molecular complexity index is 1280. The van der Waals surface area contributed by atoms with E-state index in [4.69, 9.17) is 21.1 Å². The molecule has 1 amide bonds. The van der Waals surface area contributed by atoms with Crippen LogP contribution >= 0.6 is 11.6 Å². The Morgan fingerprint density at radius 2 is 1.78 bits per heavy atom. The van der Waals surface area contributed by atoms with Gasteiger partial charge in [-0.1, -0.05) is 11.6 Å². The molecule has 0 saturated heterocycles. The molecule has 1 N–H and O–H groups in total. The van der Waals surface area contributed by atoms with Gasteiger partial charge in [0.15, 0.2) is 11.5 Å². The Kier molecular flexibility index (Phi) is 6.36. The van der Waals surface area contributed by atoms with Gasteiger partial charge in [0.05, 0.1) is 17.1 Å². The molecule has 36 heavy (non-hydrogen) atoms. The number of aromatic nitrogens is 1. The summed E-state index contributed by atoms with van der Waals surface area (Å²) in [5, 5.41) is 0.320. The summed E-state index contributed by atoms with van der Waals surface area (Å²) in [4.78, 5) is 33.1. The molecule has 1 saturated carbocycles. The van der Waals surface area contributed by atoms with E-state index in [9.17, 15) is 9.59 Å². The molecule has 8 heteroatoms. The van der Waals surface area contributed by atoms with E-state index in [-0.39, 0.29) is 23.9 Å². The number of halogens is 1. The number of pyridine rings is 1. The molecule has 0 unspecified atom stereocenters. The predicted octanol–water partition coefficient (Wildman–Crippen LogP) is 4.76. The number of hydrogen-bond donors (Lipinski definition) is 1. The van der Waals surface area contributed by atoms with Gasteiger partial charge in [0, 0.05) is 36.7 Å². The number of amides is 1. The molecular formula is C28H36ClN3O4. The number of nitrogens with zero attached hydrogens (tertiary/aromatic N) is 2. The third-order valence-electron chi connectivity index (χ3n) is 8.47. The van der Waals surface area contributed by atoms with Gasteiger partial charge in [0.1, 0.15) is 0 Å². The summed E-state index contributed by atoms with van der Waals surface area (Å²) in [7, 11) is 4.27. The number of ether oxygens (including phenoxy) is 2.